The van der Waals surface area contributed by atoms with Gasteiger partial charge in [0.15, 0.2) is 6.10 Å². The SMILES string of the molecule is C[C@H](OC(=O)CN1C(=O)N[C@@]2(CCCC[C@H]2C)C1=O)C(=O)Nc1ccccc1F. The summed E-state index contributed by atoms with van der Waals surface area (Å²) in [4.78, 5) is 50.4. The first-order valence-corrected chi connectivity index (χ1v) is 9.63. The monoisotopic (exact) mass is 405 g/mol. The molecule has 3 atom stereocenters. The van der Waals surface area contributed by atoms with E-state index in [1.54, 1.807) is 6.07 Å². The molecule has 1 saturated carbocycles. The number of amides is 4. The molecule has 2 fully saturated rings. The highest BCUT2D eigenvalue weighted by molar-refractivity contribution is 6.09. The number of benzene rings is 1. The molecule has 156 valence electrons. The summed E-state index contributed by atoms with van der Waals surface area (Å²) < 4.78 is 18.7. The fraction of sp³-hybridized carbons (Fsp3) is 0.500. The Bertz CT molecular complexity index is 845. The topological polar surface area (TPSA) is 105 Å². The molecule has 1 saturated heterocycles. The molecular formula is C20H24FN3O5. The number of carbonyl (C=O) groups is 4. The van der Waals surface area contributed by atoms with Crippen LogP contribution in [0.1, 0.15) is 39.5 Å². The van der Waals surface area contributed by atoms with Crippen LogP contribution in [0.5, 0.6) is 0 Å². The molecule has 3 rings (SSSR count). The molecule has 1 heterocycles. The van der Waals surface area contributed by atoms with E-state index in [9.17, 15) is 23.6 Å². The molecular weight excluding hydrogens is 381 g/mol. The molecule has 1 aromatic rings. The number of anilines is 1. The molecule has 0 unspecified atom stereocenters. The molecule has 1 aliphatic heterocycles. The van der Waals surface area contributed by atoms with E-state index >= 15 is 0 Å². The minimum absolute atomic E-state index is 0.0285. The summed E-state index contributed by atoms with van der Waals surface area (Å²) in [6.45, 7) is 2.65. The lowest BCUT2D eigenvalue weighted by Crippen LogP contribution is -2.54. The van der Waals surface area contributed by atoms with Crippen LogP contribution in [0, 0.1) is 11.7 Å². The number of halogens is 1. The van der Waals surface area contributed by atoms with Gasteiger partial charge in [0.1, 0.15) is 17.9 Å². The lowest BCUT2D eigenvalue weighted by molar-refractivity contribution is -0.155. The second-order valence-electron chi connectivity index (χ2n) is 7.54. The Morgan fingerprint density at radius 1 is 1.34 bits per heavy atom. The van der Waals surface area contributed by atoms with Crippen molar-refractivity contribution in [3.63, 3.8) is 0 Å². The number of hydrogen-bond donors (Lipinski definition) is 2. The van der Waals surface area contributed by atoms with Crippen molar-refractivity contribution in [2.45, 2.75) is 51.2 Å². The summed E-state index contributed by atoms with van der Waals surface area (Å²) in [5, 5.41) is 5.08. The second-order valence-corrected chi connectivity index (χ2v) is 7.54. The molecule has 1 spiro atoms. The number of rotatable bonds is 5. The van der Waals surface area contributed by atoms with Crippen molar-refractivity contribution in [2.75, 3.05) is 11.9 Å². The zero-order valence-corrected chi connectivity index (χ0v) is 16.4. The molecule has 2 aliphatic rings. The molecule has 9 heteroatoms. The first kappa shape index (κ1) is 20.8. The summed E-state index contributed by atoms with van der Waals surface area (Å²) in [5.41, 5.74) is -1.01. The van der Waals surface area contributed by atoms with Crippen molar-refractivity contribution in [1.29, 1.82) is 0 Å². The van der Waals surface area contributed by atoms with Gasteiger partial charge in [0.25, 0.3) is 11.8 Å². The Hall–Kier alpha value is -2.97. The number of para-hydroxylation sites is 1. The van der Waals surface area contributed by atoms with Crippen LogP contribution in [-0.2, 0) is 19.1 Å². The Labute approximate surface area is 167 Å². The largest absolute Gasteiger partial charge is 0.451 e. The van der Waals surface area contributed by atoms with Gasteiger partial charge in [-0.2, -0.15) is 0 Å². The predicted octanol–water partition coefficient (Wildman–Crippen LogP) is 2.20. The summed E-state index contributed by atoms with van der Waals surface area (Å²) in [6.07, 6.45) is 1.93. The first-order chi connectivity index (χ1) is 13.7. The number of hydrogen-bond acceptors (Lipinski definition) is 5. The van der Waals surface area contributed by atoms with Gasteiger partial charge in [0.2, 0.25) is 0 Å². The Kier molecular flexibility index (Phi) is 5.86. The van der Waals surface area contributed by atoms with E-state index < -0.39 is 47.8 Å². The third-order valence-electron chi connectivity index (χ3n) is 5.60. The Morgan fingerprint density at radius 3 is 2.76 bits per heavy atom. The number of imide groups is 1. The van der Waals surface area contributed by atoms with Crippen LogP contribution in [0.25, 0.3) is 0 Å². The molecule has 0 radical (unpaired) electrons. The molecule has 0 bridgehead atoms. The fourth-order valence-electron chi connectivity index (χ4n) is 3.85. The number of esters is 1. The number of carbonyl (C=O) groups excluding carboxylic acids is 4. The van der Waals surface area contributed by atoms with Crippen molar-refractivity contribution in [2.24, 2.45) is 5.92 Å². The maximum absolute atomic E-state index is 13.6. The predicted molar refractivity (Wildman–Crippen MR) is 101 cm³/mol. The molecule has 8 nitrogen and oxygen atoms in total. The summed E-state index contributed by atoms with van der Waals surface area (Å²) in [5.74, 6) is -2.71. The summed E-state index contributed by atoms with van der Waals surface area (Å²) >= 11 is 0. The molecule has 1 aromatic carbocycles. The summed E-state index contributed by atoms with van der Waals surface area (Å²) in [6, 6.07) is 4.96. The quantitative estimate of drug-likeness (QED) is 0.577. The molecule has 2 N–H and O–H groups in total. The summed E-state index contributed by atoms with van der Waals surface area (Å²) in [7, 11) is 0. The van der Waals surface area contributed by atoms with E-state index in [1.807, 2.05) is 6.92 Å². The van der Waals surface area contributed by atoms with Gasteiger partial charge in [0, 0.05) is 0 Å². The number of urea groups is 1. The van der Waals surface area contributed by atoms with Gasteiger partial charge in [-0.05, 0) is 37.8 Å². The van der Waals surface area contributed by atoms with Crippen molar-refractivity contribution in [3.05, 3.63) is 30.1 Å². The van der Waals surface area contributed by atoms with Gasteiger partial charge in [-0.25, -0.2) is 9.18 Å². The third kappa shape index (κ3) is 4.08. The normalized spacial score (nSPS) is 24.9. The van der Waals surface area contributed by atoms with Gasteiger partial charge in [-0.15, -0.1) is 0 Å². The average molecular weight is 405 g/mol. The minimum atomic E-state index is -1.23. The van der Waals surface area contributed by atoms with Crippen molar-refractivity contribution < 1.29 is 28.3 Å². The van der Waals surface area contributed by atoms with Gasteiger partial charge in [-0.1, -0.05) is 31.9 Å². The van der Waals surface area contributed by atoms with Crippen molar-refractivity contribution in [1.82, 2.24) is 10.2 Å². The van der Waals surface area contributed by atoms with Gasteiger partial charge >= 0.3 is 12.0 Å². The van der Waals surface area contributed by atoms with E-state index in [2.05, 4.69) is 10.6 Å². The number of nitrogens with zero attached hydrogens (tertiary/aromatic N) is 1. The van der Waals surface area contributed by atoms with E-state index in [1.165, 1.54) is 25.1 Å². The van der Waals surface area contributed by atoms with Crippen LogP contribution < -0.4 is 10.6 Å². The van der Waals surface area contributed by atoms with Crippen molar-refractivity contribution in [3.8, 4) is 0 Å². The Balaban J connectivity index is 1.58. The first-order valence-electron chi connectivity index (χ1n) is 9.63. The zero-order valence-electron chi connectivity index (χ0n) is 16.4. The maximum atomic E-state index is 13.6. The van der Waals surface area contributed by atoms with Crippen LogP contribution >= 0.6 is 0 Å². The highest BCUT2D eigenvalue weighted by Crippen LogP contribution is 2.38. The third-order valence-corrected chi connectivity index (χ3v) is 5.60. The van der Waals surface area contributed by atoms with Crippen LogP contribution in [0.15, 0.2) is 24.3 Å². The number of ether oxygens (including phenoxy) is 1. The average Bonchev–Trinajstić information content (AvgIpc) is 2.91. The minimum Gasteiger partial charge on any atom is -0.451 e. The van der Waals surface area contributed by atoms with E-state index in [0.29, 0.717) is 6.42 Å². The van der Waals surface area contributed by atoms with E-state index in [0.717, 1.165) is 24.2 Å². The molecule has 1 aliphatic carbocycles. The number of nitrogens with one attached hydrogen (secondary N) is 2. The van der Waals surface area contributed by atoms with Gasteiger partial charge in [0.05, 0.1) is 5.69 Å². The highest BCUT2D eigenvalue weighted by atomic mass is 19.1. The van der Waals surface area contributed by atoms with Gasteiger partial charge in [-0.3, -0.25) is 19.3 Å². The van der Waals surface area contributed by atoms with E-state index in [4.69, 9.17) is 4.74 Å². The van der Waals surface area contributed by atoms with E-state index in [-0.39, 0.29) is 11.6 Å². The zero-order chi connectivity index (χ0) is 21.2. The van der Waals surface area contributed by atoms with Crippen LogP contribution in [-0.4, -0.2) is 46.9 Å². The molecule has 29 heavy (non-hydrogen) atoms. The second kappa shape index (κ2) is 8.18. The lowest BCUT2D eigenvalue weighted by atomic mass is 9.73. The molecule has 4 amide bonds. The molecule has 0 aromatic heterocycles. The lowest BCUT2D eigenvalue weighted by Gasteiger charge is -2.36. The smallest absolute Gasteiger partial charge is 0.327 e. The van der Waals surface area contributed by atoms with Crippen LogP contribution in [0.2, 0.25) is 0 Å². The van der Waals surface area contributed by atoms with Crippen LogP contribution in [0.4, 0.5) is 14.9 Å². The van der Waals surface area contributed by atoms with Gasteiger partial charge < -0.3 is 15.4 Å². The van der Waals surface area contributed by atoms with Crippen LogP contribution in [0.3, 0.4) is 0 Å². The maximum Gasteiger partial charge on any atom is 0.327 e. The standard InChI is InChI=1S/C20H24FN3O5/c1-12-7-5-6-10-20(12)18(27)24(19(28)23-20)11-16(25)29-13(2)17(26)22-15-9-4-3-8-14(15)21/h3-4,8-9,12-13H,5-7,10-11H2,1-2H3,(H,22,26)(H,23,28)/t12-,13+,20-/m1/s1. The Morgan fingerprint density at radius 2 is 2.07 bits per heavy atom. The highest BCUT2D eigenvalue weighted by Gasteiger charge is 2.55. The van der Waals surface area contributed by atoms with Crippen molar-refractivity contribution >= 4 is 29.5 Å². The fourth-order valence-corrected chi connectivity index (χ4v) is 3.85.